The molecule has 1 aliphatic rings. The second-order valence-electron chi connectivity index (χ2n) is 6.50. The molecule has 1 aromatic carbocycles. The molecule has 1 fully saturated rings. The minimum absolute atomic E-state index is 0.0136. The van der Waals surface area contributed by atoms with Gasteiger partial charge in [-0.2, -0.15) is 5.10 Å². The number of aryl methyl sites for hydroxylation is 1. The van der Waals surface area contributed by atoms with Gasteiger partial charge in [-0.05, 0) is 48.7 Å². The van der Waals surface area contributed by atoms with Crippen molar-refractivity contribution < 1.29 is 19.0 Å². The molecule has 2 heterocycles. The SMILES string of the molecule is Cn1nc(C(=O)NCC2(CO)CCOCC2)cc1-c1ccc(F)cc1. The monoisotopic (exact) mass is 347 g/mol. The van der Waals surface area contributed by atoms with Crippen LogP contribution in [0.25, 0.3) is 11.3 Å². The van der Waals surface area contributed by atoms with Crippen LogP contribution in [-0.4, -0.2) is 47.2 Å². The lowest BCUT2D eigenvalue weighted by molar-refractivity contribution is -0.0146. The smallest absolute Gasteiger partial charge is 0.271 e. The number of ether oxygens (including phenoxy) is 1. The largest absolute Gasteiger partial charge is 0.396 e. The summed E-state index contributed by atoms with van der Waals surface area (Å²) in [6.45, 7) is 1.58. The Bertz CT molecular complexity index is 737. The van der Waals surface area contributed by atoms with Crippen molar-refractivity contribution in [3.8, 4) is 11.3 Å². The Hall–Kier alpha value is -2.25. The van der Waals surface area contributed by atoms with Gasteiger partial charge in [0.15, 0.2) is 5.69 Å². The van der Waals surface area contributed by atoms with Gasteiger partial charge in [0.2, 0.25) is 0 Å². The lowest BCUT2D eigenvalue weighted by Gasteiger charge is -2.35. The molecule has 7 heteroatoms. The molecule has 25 heavy (non-hydrogen) atoms. The van der Waals surface area contributed by atoms with E-state index in [1.165, 1.54) is 12.1 Å². The molecule has 134 valence electrons. The normalized spacial score (nSPS) is 16.6. The van der Waals surface area contributed by atoms with Crippen molar-refractivity contribution in [2.24, 2.45) is 12.5 Å². The molecule has 1 amide bonds. The average molecular weight is 347 g/mol. The number of carbonyl (C=O) groups is 1. The Morgan fingerprint density at radius 2 is 2.04 bits per heavy atom. The van der Waals surface area contributed by atoms with Gasteiger partial charge < -0.3 is 15.2 Å². The summed E-state index contributed by atoms with van der Waals surface area (Å²) in [5.74, 6) is -0.599. The number of carbonyl (C=O) groups excluding carboxylic acids is 1. The highest BCUT2D eigenvalue weighted by molar-refractivity contribution is 5.93. The number of rotatable bonds is 5. The number of benzene rings is 1. The predicted molar refractivity (Wildman–Crippen MR) is 90.5 cm³/mol. The molecule has 1 aromatic heterocycles. The lowest BCUT2D eigenvalue weighted by Crippen LogP contribution is -2.43. The number of amides is 1. The van der Waals surface area contributed by atoms with Crippen LogP contribution in [0.1, 0.15) is 23.3 Å². The molecule has 0 saturated carbocycles. The van der Waals surface area contributed by atoms with Crippen molar-refractivity contribution in [2.45, 2.75) is 12.8 Å². The first-order valence-corrected chi connectivity index (χ1v) is 8.30. The van der Waals surface area contributed by atoms with E-state index in [1.54, 1.807) is 29.9 Å². The Balaban J connectivity index is 1.70. The molecular formula is C18H22FN3O3. The Morgan fingerprint density at radius 1 is 1.36 bits per heavy atom. The number of aliphatic hydroxyl groups is 1. The van der Waals surface area contributed by atoms with E-state index in [0.717, 1.165) is 11.3 Å². The number of halogens is 1. The third-order valence-corrected chi connectivity index (χ3v) is 4.77. The quantitative estimate of drug-likeness (QED) is 0.864. The van der Waals surface area contributed by atoms with E-state index in [1.807, 2.05) is 0 Å². The van der Waals surface area contributed by atoms with Gasteiger partial charge in [0.05, 0.1) is 12.3 Å². The average Bonchev–Trinajstić information content (AvgIpc) is 3.03. The number of nitrogens with zero attached hydrogens (tertiary/aromatic N) is 2. The third kappa shape index (κ3) is 3.88. The Labute approximate surface area is 145 Å². The summed E-state index contributed by atoms with van der Waals surface area (Å²) in [5.41, 5.74) is 1.48. The second kappa shape index (κ2) is 7.33. The molecule has 0 aliphatic carbocycles. The summed E-state index contributed by atoms with van der Waals surface area (Å²) in [6, 6.07) is 7.72. The van der Waals surface area contributed by atoms with E-state index < -0.39 is 0 Å². The van der Waals surface area contributed by atoms with E-state index in [2.05, 4.69) is 10.4 Å². The molecule has 1 saturated heterocycles. The first-order chi connectivity index (χ1) is 12.0. The molecule has 3 rings (SSSR count). The summed E-state index contributed by atoms with van der Waals surface area (Å²) in [4.78, 5) is 12.4. The Kier molecular flexibility index (Phi) is 5.15. The number of aliphatic hydroxyl groups excluding tert-OH is 1. The molecule has 2 N–H and O–H groups in total. The van der Waals surface area contributed by atoms with Gasteiger partial charge in [0.25, 0.3) is 5.91 Å². The molecule has 0 unspecified atom stereocenters. The van der Waals surface area contributed by atoms with E-state index >= 15 is 0 Å². The van der Waals surface area contributed by atoms with Crippen molar-refractivity contribution in [3.05, 3.63) is 41.8 Å². The molecule has 6 nitrogen and oxygen atoms in total. The van der Waals surface area contributed by atoms with Crippen LogP contribution in [0.15, 0.2) is 30.3 Å². The molecule has 1 aliphatic heterocycles. The summed E-state index contributed by atoms with van der Waals surface area (Å²) in [6.07, 6.45) is 1.43. The first kappa shape index (κ1) is 17.6. The zero-order chi connectivity index (χ0) is 17.9. The minimum Gasteiger partial charge on any atom is -0.396 e. The van der Waals surface area contributed by atoms with E-state index in [4.69, 9.17) is 4.74 Å². The van der Waals surface area contributed by atoms with Crippen LogP contribution in [0.5, 0.6) is 0 Å². The Morgan fingerprint density at radius 3 is 2.68 bits per heavy atom. The highest BCUT2D eigenvalue weighted by atomic mass is 19.1. The summed E-state index contributed by atoms with van der Waals surface area (Å²) in [7, 11) is 1.74. The van der Waals surface area contributed by atoms with Gasteiger partial charge in [0.1, 0.15) is 5.82 Å². The minimum atomic E-state index is -0.331. The van der Waals surface area contributed by atoms with Crippen molar-refractivity contribution in [1.82, 2.24) is 15.1 Å². The number of hydrogen-bond donors (Lipinski definition) is 2. The molecule has 0 radical (unpaired) electrons. The topological polar surface area (TPSA) is 76.4 Å². The van der Waals surface area contributed by atoms with E-state index in [-0.39, 0.29) is 23.7 Å². The number of nitrogens with one attached hydrogen (secondary N) is 1. The van der Waals surface area contributed by atoms with Crippen LogP contribution in [0.3, 0.4) is 0 Å². The van der Waals surface area contributed by atoms with Gasteiger partial charge in [-0.25, -0.2) is 4.39 Å². The fourth-order valence-corrected chi connectivity index (χ4v) is 3.02. The maximum Gasteiger partial charge on any atom is 0.271 e. The van der Waals surface area contributed by atoms with Crippen LogP contribution in [-0.2, 0) is 11.8 Å². The predicted octanol–water partition coefficient (Wildman–Crippen LogP) is 1.75. The molecule has 0 bridgehead atoms. The molecule has 0 atom stereocenters. The van der Waals surface area contributed by atoms with Crippen molar-refractivity contribution in [1.29, 1.82) is 0 Å². The van der Waals surface area contributed by atoms with Crippen LogP contribution in [0.2, 0.25) is 0 Å². The highest BCUT2D eigenvalue weighted by Crippen LogP contribution is 2.29. The van der Waals surface area contributed by atoms with E-state index in [9.17, 15) is 14.3 Å². The standard InChI is InChI=1S/C18H22FN3O3/c1-22-16(13-2-4-14(19)5-3-13)10-15(21-22)17(24)20-11-18(12-23)6-8-25-9-7-18/h2-5,10,23H,6-9,11-12H2,1H3,(H,20,24). The maximum atomic E-state index is 13.1. The fraction of sp³-hybridized carbons (Fsp3) is 0.444. The van der Waals surface area contributed by atoms with Crippen molar-refractivity contribution in [3.63, 3.8) is 0 Å². The zero-order valence-electron chi connectivity index (χ0n) is 14.2. The first-order valence-electron chi connectivity index (χ1n) is 8.30. The summed E-state index contributed by atoms with van der Waals surface area (Å²) in [5, 5.41) is 16.8. The summed E-state index contributed by atoms with van der Waals surface area (Å²) >= 11 is 0. The van der Waals surface area contributed by atoms with Gasteiger partial charge in [0, 0.05) is 32.2 Å². The van der Waals surface area contributed by atoms with Crippen molar-refractivity contribution in [2.75, 3.05) is 26.4 Å². The highest BCUT2D eigenvalue weighted by Gasteiger charge is 2.32. The van der Waals surface area contributed by atoms with Gasteiger partial charge >= 0.3 is 0 Å². The molecule has 2 aromatic rings. The zero-order valence-corrected chi connectivity index (χ0v) is 14.2. The lowest BCUT2D eigenvalue weighted by atomic mass is 9.81. The number of aromatic nitrogens is 2. The van der Waals surface area contributed by atoms with Crippen LogP contribution >= 0.6 is 0 Å². The van der Waals surface area contributed by atoms with Crippen LogP contribution in [0, 0.1) is 11.2 Å². The fourth-order valence-electron chi connectivity index (χ4n) is 3.02. The maximum absolute atomic E-state index is 13.1. The summed E-state index contributed by atoms with van der Waals surface area (Å²) < 4.78 is 20.0. The van der Waals surface area contributed by atoms with Crippen LogP contribution in [0.4, 0.5) is 4.39 Å². The second-order valence-corrected chi connectivity index (χ2v) is 6.50. The van der Waals surface area contributed by atoms with Gasteiger partial charge in [-0.15, -0.1) is 0 Å². The third-order valence-electron chi connectivity index (χ3n) is 4.77. The van der Waals surface area contributed by atoms with Crippen LogP contribution < -0.4 is 5.32 Å². The van der Waals surface area contributed by atoms with Crippen molar-refractivity contribution >= 4 is 5.91 Å². The van der Waals surface area contributed by atoms with E-state index in [0.29, 0.717) is 38.3 Å². The van der Waals surface area contributed by atoms with Gasteiger partial charge in [-0.1, -0.05) is 0 Å². The number of hydrogen-bond acceptors (Lipinski definition) is 4. The molecular weight excluding hydrogens is 325 g/mol. The molecule has 0 spiro atoms. The van der Waals surface area contributed by atoms with Gasteiger partial charge in [-0.3, -0.25) is 9.48 Å².